The van der Waals surface area contributed by atoms with Crippen molar-refractivity contribution in [3.8, 4) is 17.1 Å². The fourth-order valence-corrected chi connectivity index (χ4v) is 2.91. The van der Waals surface area contributed by atoms with E-state index in [4.69, 9.17) is 4.74 Å². The molecule has 0 aliphatic heterocycles. The number of carbonyl (C=O) groups excluding carboxylic acids is 1. The Morgan fingerprint density at radius 2 is 1.96 bits per heavy atom. The van der Waals surface area contributed by atoms with E-state index in [1.807, 2.05) is 30.3 Å². The van der Waals surface area contributed by atoms with Crippen molar-refractivity contribution in [1.82, 2.24) is 25.3 Å². The minimum atomic E-state index is -0.195. The van der Waals surface area contributed by atoms with Gasteiger partial charge in [-0.2, -0.15) is 0 Å². The van der Waals surface area contributed by atoms with Gasteiger partial charge >= 0.3 is 0 Å². The highest BCUT2D eigenvalue weighted by molar-refractivity contribution is 6.00. The molecule has 0 spiro atoms. The quantitative estimate of drug-likeness (QED) is 0.496. The Bertz CT molecular complexity index is 1140. The number of pyridine rings is 1. The predicted molar refractivity (Wildman–Crippen MR) is 107 cm³/mol. The Balaban J connectivity index is 1.69. The van der Waals surface area contributed by atoms with Gasteiger partial charge in [0.25, 0.3) is 5.91 Å². The molecule has 28 heavy (non-hydrogen) atoms. The molecular formula is C20H18N6O2. The van der Waals surface area contributed by atoms with Gasteiger partial charge in [-0.15, -0.1) is 0 Å². The second kappa shape index (κ2) is 7.36. The number of nitrogens with one attached hydrogen (secondary N) is 3. The Morgan fingerprint density at radius 1 is 1.07 bits per heavy atom. The van der Waals surface area contributed by atoms with Gasteiger partial charge in [0, 0.05) is 36.6 Å². The molecule has 0 atom stereocenters. The molecule has 0 aliphatic rings. The molecule has 1 aromatic carbocycles. The van der Waals surface area contributed by atoms with Crippen molar-refractivity contribution < 1.29 is 9.53 Å². The van der Waals surface area contributed by atoms with Gasteiger partial charge in [-0.05, 0) is 30.3 Å². The van der Waals surface area contributed by atoms with Crippen molar-refractivity contribution in [3.63, 3.8) is 0 Å². The van der Waals surface area contributed by atoms with Crippen LogP contribution < -0.4 is 15.4 Å². The Hall–Kier alpha value is -3.94. The second-order valence-electron chi connectivity index (χ2n) is 6.01. The standard InChI is InChI=1S/C20H18N6O2/c1-21-19(27)16-10-12-9-13(11-17(28-2)18(12)25-16)24-20-23-8-6-15(26-20)14-5-3-4-7-22-14/h3-11,25H,1-2H3,(H,21,27)(H,23,24,26). The van der Waals surface area contributed by atoms with Gasteiger partial charge in [0.15, 0.2) is 0 Å². The van der Waals surface area contributed by atoms with E-state index >= 15 is 0 Å². The highest BCUT2D eigenvalue weighted by Crippen LogP contribution is 2.31. The first-order valence-corrected chi connectivity index (χ1v) is 8.62. The zero-order valence-electron chi connectivity index (χ0n) is 15.4. The zero-order chi connectivity index (χ0) is 19.5. The lowest BCUT2D eigenvalue weighted by Gasteiger charge is -2.09. The third-order valence-corrected chi connectivity index (χ3v) is 4.22. The molecule has 0 unspecified atom stereocenters. The fourth-order valence-electron chi connectivity index (χ4n) is 2.91. The molecule has 0 saturated carbocycles. The average Bonchev–Trinajstić information content (AvgIpc) is 3.17. The molecule has 8 nitrogen and oxygen atoms in total. The van der Waals surface area contributed by atoms with Gasteiger partial charge in [0.1, 0.15) is 11.4 Å². The number of hydrogen-bond donors (Lipinski definition) is 3. The molecule has 0 radical (unpaired) electrons. The van der Waals surface area contributed by atoms with E-state index < -0.39 is 0 Å². The van der Waals surface area contributed by atoms with Crippen molar-refractivity contribution in [2.24, 2.45) is 0 Å². The van der Waals surface area contributed by atoms with E-state index in [1.54, 1.807) is 38.7 Å². The lowest BCUT2D eigenvalue weighted by atomic mass is 10.2. The SMILES string of the molecule is CNC(=O)c1cc2cc(Nc3nccc(-c4ccccn4)n3)cc(OC)c2[nH]1. The third-order valence-electron chi connectivity index (χ3n) is 4.22. The van der Waals surface area contributed by atoms with Crippen molar-refractivity contribution in [3.05, 3.63) is 60.6 Å². The summed E-state index contributed by atoms with van der Waals surface area (Å²) < 4.78 is 5.47. The average molecular weight is 374 g/mol. The van der Waals surface area contributed by atoms with Gasteiger partial charge in [-0.1, -0.05) is 6.07 Å². The molecule has 8 heteroatoms. The van der Waals surface area contributed by atoms with E-state index in [0.29, 0.717) is 17.4 Å². The van der Waals surface area contributed by atoms with Crippen LogP contribution in [0.15, 0.2) is 54.9 Å². The van der Waals surface area contributed by atoms with Gasteiger partial charge < -0.3 is 20.4 Å². The first kappa shape index (κ1) is 17.5. The molecule has 0 saturated heterocycles. The number of ether oxygens (including phenoxy) is 1. The van der Waals surface area contributed by atoms with E-state index in [2.05, 4.69) is 30.6 Å². The van der Waals surface area contributed by atoms with E-state index in [9.17, 15) is 4.79 Å². The largest absolute Gasteiger partial charge is 0.494 e. The van der Waals surface area contributed by atoms with Gasteiger partial charge in [-0.25, -0.2) is 9.97 Å². The van der Waals surface area contributed by atoms with Crippen LogP contribution in [0, 0.1) is 0 Å². The second-order valence-corrected chi connectivity index (χ2v) is 6.01. The van der Waals surface area contributed by atoms with Crippen LogP contribution in [0.25, 0.3) is 22.3 Å². The number of benzene rings is 1. The van der Waals surface area contributed by atoms with Gasteiger partial charge in [-0.3, -0.25) is 9.78 Å². The molecule has 4 rings (SSSR count). The van der Waals surface area contributed by atoms with Crippen LogP contribution in [-0.2, 0) is 0 Å². The maximum Gasteiger partial charge on any atom is 0.267 e. The van der Waals surface area contributed by atoms with Crippen LogP contribution in [0.2, 0.25) is 0 Å². The zero-order valence-corrected chi connectivity index (χ0v) is 15.4. The number of methoxy groups -OCH3 is 1. The number of H-pyrrole nitrogens is 1. The van der Waals surface area contributed by atoms with Crippen LogP contribution in [0.5, 0.6) is 5.75 Å². The van der Waals surface area contributed by atoms with Crippen molar-refractivity contribution >= 4 is 28.4 Å². The Morgan fingerprint density at radius 3 is 2.71 bits per heavy atom. The number of hydrogen-bond acceptors (Lipinski definition) is 6. The maximum absolute atomic E-state index is 11.9. The Kier molecular flexibility index (Phi) is 4.59. The number of nitrogens with zero attached hydrogens (tertiary/aromatic N) is 3. The number of anilines is 2. The molecule has 140 valence electrons. The topological polar surface area (TPSA) is 105 Å². The first-order valence-electron chi connectivity index (χ1n) is 8.62. The summed E-state index contributed by atoms with van der Waals surface area (Å²) in [6, 6.07) is 13.0. The smallest absolute Gasteiger partial charge is 0.267 e. The monoisotopic (exact) mass is 374 g/mol. The summed E-state index contributed by atoms with van der Waals surface area (Å²) in [5.41, 5.74) is 3.43. The fraction of sp³-hybridized carbons (Fsp3) is 0.100. The number of rotatable bonds is 5. The summed E-state index contributed by atoms with van der Waals surface area (Å²) in [6.45, 7) is 0. The van der Waals surface area contributed by atoms with E-state index in [1.165, 1.54) is 0 Å². The van der Waals surface area contributed by atoms with Crippen molar-refractivity contribution in [2.45, 2.75) is 0 Å². The molecule has 3 heterocycles. The number of fused-ring (bicyclic) bond motifs is 1. The highest BCUT2D eigenvalue weighted by Gasteiger charge is 2.13. The maximum atomic E-state index is 11.9. The van der Waals surface area contributed by atoms with Crippen molar-refractivity contribution in [1.29, 1.82) is 0 Å². The minimum absolute atomic E-state index is 0.195. The molecule has 0 aliphatic carbocycles. The number of carbonyl (C=O) groups is 1. The predicted octanol–water partition coefficient (Wildman–Crippen LogP) is 3.13. The molecule has 0 bridgehead atoms. The summed E-state index contributed by atoms with van der Waals surface area (Å²) in [5, 5.41) is 6.63. The summed E-state index contributed by atoms with van der Waals surface area (Å²) in [4.78, 5) is 28.1. The summed E-state index contributed by atoms with van der Waals surface area (Å²) >= 11 is 0. The van der Waals surface area contributed by atoms with Gasteiger partial charge in [0.05, 0.1) is 24.0 Å². The minimum Gasteiger partial charge on any atom is -0.494 e. The van der Waals surface area contributed by atoms with Crippen molar-refractivity contribution in [2.75, 3.05) is 19.5 Å². The lowest BCUT2D eigenvalue weighted by Crippen LogP contribution is -2.17. The summed E-state index contributed by atoms with van der Waals surface area (Å²) in [7, 11) is 3.17. The van der Waals surface area contributed by atoms with Crippen LogP contribution in [0.4, 0.5) is 11.6 Å². The van der Waals surface area contributed by atoms with Crippen LogP contribution in [0.1, 0.15) is 10.5 Å². The van der Waals surface area contributed by atoms with Gasteiger partial charge in [0.2, 0.25) is 5.95 Å². The molecule has 4 aromatic rings. The highest BCUT2D eigenvalue weighted by atomic mass is 16.5. The van der Waals surface area contributed by atoms with Crippen LogP contribution in [-0.4, -0.2) is 40.0 Å². The van der Waals surface area contributed by atoms with Crippen LogP contribution in [0.3, 0.4) is 0 Å². The Labute approximate surface area is 161 Å². The number of amides is 1. The molecule has 3 aromatic heterocycles. The number of aromatic nitrogens is 4. The lowest BCUT2D eigenvalue weighted by molar-refractivity contribution is 0.0959. The van der Waals surface area contributed by atoms with E-state index in [0.717, 1.165) is 28.0 Å². The van der Waals surface area contributed by atoms with Crippen LogP contribution >= 0.6 is 0 Å². The molecule has 1 amide bonds. The molecular weight excluding hydrogens is 356 g/mol. The molecule has 3 N–H and O–H groups in total. The normalized spacial score (nSPS) is 10.6. The number of aromatic amines is 1. The third kappa shape index (κ3) is 3.35. The molecule has 0 fully saturated rings. The summed E-state index contributed by atoms with van der Waals surface area (Å²) in [5.74, 6) is 0.849. The summed E-state index contributed by atoms with van der Waals surface area (Å²) in [6.07, 6.45) is 3.40. The first-order chi connectivity index (χ1) is 13.7. The van der Waals surface area contributed by atoms with E-state index in [-0.39, 0.29) is 5.91 Å².